The summed E-state index contributed by atoms with van der Waals surface area (Å²) in [6.45, 7) is 4.45. The van der Waals surface area contributed by atoms with Gasteiger partial charge in [-0.25, -0.2) is 4.98 Å². The Bertz CT molecular complexity index is 922. The number of aryl methyl sites for hydroxylation is 1. The fraction of sp³-hybridized carbons (Fsp3) is 0.353. The maximum absolute atomic E-state index is 12.0. The van der Waals surface area contributed by atoms with Gasteiger partial charge >= 0.3 is 0 Å². The van der Waals surface area contributed by atoms with Crippen LogP contribution in [-0.2, 0) is 6.42 Å². The Balaban J connectivity index is 1.68. The zero-order valence-electron chi connectivity index (χ0n) is 14.4. The van der Waals surface area contributed by atoms with E-state index in [2.05, 4.69) is 15.4 Å². The molecule has 132 valence electrons. The van der Waals surface area contributed by atoms with Gasteiger partial charge < -0.3 is 14.8 Å². The minimum atomic E-state index is -0.163. The number of para-hydroxylation sites is 2. The number of ether oxygens (including phenoxy) is 2. The lowest BCUT2D eigenvalue weighted by Crippen LogP contribution is -2.23. The van der Waals surface area contributed by atoms with Gasteiger partial charge in [0.25, 0.3) is 5.56 Å². The quantitative estimate of drug-likeness (QED) is 0.698. The number of nitrogens with one attached hydrogen (secondary N) is 1. The summed E-state index contributed by atoms with van der Waals surface area (Å²) in [6, 6.07) is 9.03. The van der Waals surface area contributed by atoms with Gasteiger partial charge in [-0.3, -0.25) is 4.79 Å². The first-order valence-corrected chi connectivity index (χ1v) is 8.85. The second kappa shape index (κ2) is 7.52. The van der Waals surface area contributed by atoms with Crippen molar-refractivity contribution in [1.82, 2.24) is 14.6 Å². The van der Waals surface area contributed by atoms with Gasteiger partial charge in [0.2, 0.25) is 10.1 Å². The molecule has 1 aromatic carbocycles. The molecule has 3 aromatic rings. The van der Waals surface area contributed by atoms with Gasteiger partial charge in [0.05, 0.1) is 13.7 Å². The third-order valence-corrected chi connectivity index (χ3v) is 4.46. The first-order chi connectivity index (χ1) is 12.1. The van der Waals surface area contributed by atoms with E-state index >= 15 is 0 Å². The van der Waals surface area contributed by atoms with Gasteiger partial charge in [0.1, 0.15) is 6.10 Å². The summed E-state index contributed by atoms with van der Waals surface area (Å²) in [5.41, 5.74) is 0.609. The molecule has 0 aliphatic heterocycles. The van der Waals surface area contributed by atoms with E-state index in [0.29, 0.717) is 28.1 Å². The van der Waals surface area contributed by atoms with Crippen LogP contribution >= 0.6 is 11.3 Å². The third kappa shape index (κ3) is 3.90. The highest BCUT2D eigenvalue weighted by molar-refractivity contribution is 7.20. The number of rotatable bonds is 7. The number of methoxy groups -OCH3 is 1. The minimum Gasteiger partial charge on any atom is -0.493 e. The summed E-state index contributed by atoms with van der Waals surface area (Å²) in [4.78, 5) is 17.0. The van der Waals surface area contributed by atoms with Crippen molar-refractivity contribution in [2.24, 2.45) is 0 Å². The van der Waals surface area contributed by atoms with Crippen LogP contribution in [0.4, 0.5) is 5.13 Å². The van der Waals surface area contributed by atoms with Gasteiger partial charge in [-0.05, 0) is 25.5 Å². The predicted octanol–water partition coefficient (Wildman–Crippen LogP) is 2.60. The summed E-state index contributed by atoms with van der Waals surface area (Å²) in [5.74, 6) is 1.38. The highest BCUT2D eigenvalue weighted by Crippen LogP contribution is 2.27. The van der Waals surface area contributed by atoms with E-state index < -0.39 is 0 Å². The number of hydrogen-bond acceptors (Lipinski definition) is 7. The molecule has 0 bridgehead atoms. The van der Waals surface area contributed by atoms with Crippen LogP contribution < -0.4 is 20.3 Å². The molecular weight excluding hydrogens is 340 g/mol. The van der Waals surface area contributed by atoms with Crippen LogP contribution in [0.15, 0.2) is 35.1 Å². The fourth-order valence-corrected chi connectivity index (χ4v) is 3.15. The predicted molar refractivity (Wildman–Crippen MR) is 98.1 cm³/mol. The van der Waals surface area contributed by atoms with Crippen molar-refractivity contribution in [3.05, 3.63) is 46.4 Å². The third-order valence-electron chi connectivity index (χ3n) is 3.60. The Kier molecular flexibility index (Phi) is 5.18. The molecule has 0 amide bonds. The topological polar surface area (TPSA) is 77.8 Å². The SMILES string of the molecule is CCc1cc(=O)n2nc(NCC(C)Oc3ccccc3OC)sc2n1. The Morgan fingerprint density at radius 2 is 2.08 bits per heavy atom. The van der Waals surface area contributed by atoms with E-state index in [0.717, 1.165) is 12.1 Å². The zero-order valence-corrected chi connectivity index (χ0v) is 15.2. The summed E-state index contributed by atoms with van der Waals surface area (Å²) >= 11 is 1.35. The zero-order chi connectivity index (χ0) is 17.8. The van der Waals surface area contributed by atoms with E-state index in [1.54, 1.807) is 7.11 Å². The number of benzene rings is 1. The van der Waals surface area contributed by atoms with Gasteiger partial charge in [-0.1, -0.05) is 30.4 Å². The van der Waals surface area contributed by atoms with Crippen LogP contribution in [0.5, 0.6) is 11.5 Å². The molecule has 25 heavy (non-hydrogen) atoms. The molecule has 7 nitrogen and oxygen atoms in total. The van der Waals surface area contributed by atoms with Crippen LogP contribution in [0.25, 0.3) is 4.96 Å². The molecule has 0 aliphatic rings. The van der Waals surface area contributed by atoms with Crippen molar-refractivity contribution >= 4 is 21.4 Å². The molecule has 2 aromatic heterocycles. The van der Waals surface area contributed by atoms with Crippen molar-refractivity contribution in [3.63, 3.8) is 0 Å². The molecule has 1 N–H and O–H groups in total. The van der Waals surface area contributed by atoms with Crippen molar-refractivity contribution in [3.8, 4) is 11.5 Å². The molecule has 0 fully saturated rings. The Labute approximate surface area is 149 Å². The minimum absolute atomic E-state index is 0.112. The number of anilines is 1. The van der Waals surface area contributed by atoms with Crippen molar-refractivity contribution in [2.75, 3.05) is 19.0 Å². The molecule has 0 saturated heterocycles. The smallest absolute Gasteiger partial charge is 0.275 e. The standard InChI is InChI=1S/C17H20N4O3S/c1-4-12-9-15(22)21-17(19-12)25-16(20-21)18-10-11(2)24-14-8-6-5-7-13(14)23-3/h5-9,11H,4,10H2,1-3H3,(H,18,20). The summed E-state index contributed by atoms with van der Waals surface area (Å²) in [7, 11) is 1.61. The number of fused-ring (bicyclic) bond motifs is 1. The number of aromatic nitrogens is 3. The van der Waals surface area contributed by atoms with Crippen LogP contribution in [0, 0.1) is 0 Å². The molecule has 0 radical (unpaired) electrons. The molecule has 0 saturated carbocycles. The van der Waals surface area contributed by atoms with Crippen molar-refractivity contribution in [2.45, 2.75) is 26.4 Å². The van der Waals surface area contributed by atoms with Gasteiger partial charge in [0, 0.05) is 11.8 Å². The lowest BCUT2D eigenvalue weighted by molar-refractivity contribution is 0.223. The maximum atomic E-state index is 12.0. The molecule has 3 rings (SSSR count). The maximum Gasteiger partial charge on any atom is 0.275 e. The lowest BCUT2D eigenvalue weighted by Gasteiger charge is -2.16. The van der Waals surface area contributed by atoms with Crippen molar-refractivity contribution < 1.29 is 9.47 Å². The molecule has 8 heteroatoms. The van der Waals surface area contributed by atoms with Crippen molar-refractivity contribution in [1.29, 1.82) is 0 Å². The Morgan fingerprint density at radius 3 is 2.80 bits per heavy atom. The molecule has 0 spiro atoms. The lowest BCUT2D eigenvalue weighted by atomic mass is 10.3. The highest BCUT2D eigenvalue weighted by atomic mass is 32.1. The van der Waals surface area contributed by atoms with Crippen LogP contribution in [0.1, 0.15) is 19.5 Å². The van der Waals surface area contributed by atoms with Gasteiger partial charge in [-0.2, -0.15) is 4.52 Å². The second-order valence-electron chi connectivity index (χ2n) is 5.50. The van der Waals surface area contributed by atoms with Crippen LogP contribution in [0.2, 0.25) is 0 Å². The van der Waals surface area contributed by atoms with Crippen LogP contribution in [0.3, 0.4) is 0 Å². The second-order valence-corrected chi connectivity index (χ2v) is 6.46. The first-order valence-electron chi connectivity index (χ1n) is 8.04. The van der Waals surface area contributed by atoms with E-state index in [1.807, 2.05) is 38.1 Å². The Hall–Kier alpha value is -2.61. The van der Waals surface area contributed by atoms with E-state index in [9.17, 15) is 4.79 Å². The summed E-state index contributed by atoms with van der Waals surface area (Å²) in [5, 5.41) is 8.10. The molecule has 1 atom stereocenters. The largest absolute Gasteiger partial charge is 0.493 e. The highest BCUT2D eigenvalue weighted by Gasteiger charge is 2.11. The monoisotopic (exact) mass is 360 g/mol. The van der Waals surface area contributed by atoms with E-state index in [-0.39, 0.29) is 11.7 Å². The molecule has 2 heterocycles. The fourth-order valence-electron chi connectivity index (χ4n) is 2.31. The van der Waals surface area contributed by atoms with Gasteiger partial charge in [0.15, 0.2) is 11.5 Å². The average molecular weight is 360 g/mol. The van der Waals surface area contributed by atoms with Crippen LogP contribution in [-0.4, -0.2) is 34.4 Å². The van der Waals surface area contributed by atoms with Gasteiger partial charge in [-0.15, -0.1) is 5.10 Å². The molecule has 1 unspecified atom stereocenters. The Morgan fingerprint density at radius 1 is 1.32 bits per heavy atom. The summed E-state index contributed by atoms with van der Waals surface area (Å²) < 4.78 is 12.5. The first kappa shape index (κ1) is 17.2. The molecular formula is C17H20N4O3S. The van der Waals surface area contributed by atoms with E-state index in [4.69, 9.17) is 9.47 Å². The number of hydrogen-bond donors (Lipinski definition) is 1. The molecule has 0 aliphatic carbocycles. The summed E-state index contributed by atoms with van der Waals surface area (Å²) in [6.07, 6.45) is 0.607. The average Bonchev–Trinajstić information content (AvgIpc) is 3.04. The van der Waals surface area contributed by atoms with E-state index in [1.165, 1.54) is 21.9 Å². The normalized spacial score (nSPS) is 12.1. The number of nitrogens with zero attached hydrogens (tertiary/aromatic N) is 3.